The highest BCUT2D eigenvalue weighted by Gasteiger charge is 2.26. The van der Waals surface area contributed by atoms with Gasteiger partial charge in [0.1, 0.15) is 0 Å². The summed E-state index contributed by atoms with van der Waals surface area (Å²) in [7, 11) is 0. The van der Waals surface area contributed by atoms with Gasteiger partial charge in [-0.3, -0.25) is 4.68 Å². The highest BCUT2D eigenvalue weighted by atomic mass is 79.9. The molecular weight excluding hydrogens is 252 g/mol. The van der Waals surface area contributed by atoms with Gasteiger partial charge in [-0.05, 0) is 38.2 Å². The van der Waals surface area contributed by atoms with Gasteiger partial charge in [-0.25, -0.2) is 0 Å². The number of rotatable bonds is 5. The van der Waals surface area contributed by atoms with Crippen molar-refractivity contribution in [1.29, 1.82) is 0 Å². The van der Waals surface area contributed by atoms with Crippen molar-refractivity contribution in [2.75, 3.05) is 5.33 Å². The lowest BCUT2D eigenvalue weighted by Gasteiger charge is -2.29. The van der Waals surface area contributed by atoms with E-state index < -0.39 is 0 Å². The Morgan fingerprint density at radius 1 is 1.33 bits per heavy atom. The number of aryl methyl sites for hydroxylation is 2. The van der Waals surface area contributed by atoms with E-state index in [4.69, 9.17) is 0 Å². The van der Waals surface area contributed by atoms with Crippen molar-refractivity contribution in [2.24, 2.45) is 5.41 Å². The molecule has 0 unspecified atom stereocenters. The lowest BCUT2D eigenvalue weighted by atomic mass is 9.84. The monoisotopic (exact) mass is 272 g/mol. The molecule has 1 aromatic rings. The van der Waals surface area contributed by atoms with Crippen LogP contribution in [0.1, 0.15) is 38.1 Å². The van der Waals surface area contributed by atoms with Crippen molar-refractivity contribution in [3.05, 3.63) is 17.5 Å². The van der Waals surface area contributed by atoms with Gasteiger partial charge < -0.3 is 0 Å². The van der Waals surface area contributed by atoms with E-state index in [1.54, 1.807) is 0 Å². The van der Waals surface area contributed by atoms with E-state index in [1.807, 2.05) is 0 Å². The number of hydrogen-bond acceptors (Lipinski definition) is 1. The zero-order chi connectivity index (χ0) is 11.5. The topological polar surface area (TPSA) is 17.8 Å². The van der Waals surface area contributed by atoms with Crippen LogP contribution in [-0.4, -0.2) is 15.1 Å². The quantitative estimate of drug-likeness (QED) is 0.748. The molecule has 0 saturated carbocycles. The van der Waals surface area contributed by atoms with Crippen molar-refractivity contribution in [3.8, 4) is 0 Å². The molecule has 0 saturated heterocycles. The first-order chi connectivity index (χ1) is 7.06. The van der Waals surface area contributed by atoms with Crippen LogP contribution in [0.3, 0.4) is 0 Å². The summed E-state index contributed by atoms with van der Waals surface area (Å²) in [5.41, 5.74) is 2.73. The maximum atomic E-state index is 4.53. The molecule has 0 amide bonds. The second-order valence-electron chi connectivity index (χ2n) is 4.43. The molecule has 0 spiro atoms. The van der Waals surface area contributed by atoms with E-state index in [0.29, 0.717) is 5.41 Å². The Labute approximate surface area is 101 Å². The minimum Gasteiger partial charge on any atom is -0.269 e. The molecule has 0 aromatic carbocycles. The van der Waals surface area contributed by atoms with Crippen LogP contribution in [0.15, 0.2) is 6.07 Å². The second-order valence-corrected chi connectivity index (χ2v) is 4.99. The van der Waals surface area contributed by atoms with Gasteiger partial charge >= 0.3 is 0 Å². The molecule has 0 bridgehead atoms. The molecule has 1 aromatic heterocycles. The molecule has 3 heteroatoms. The van der Waals surface area contributed by atoms with E-state index in [-0.39, 0.29) is 0 Å². The third kappa shape index (κ3) is 2.83. The molecule has 86 valence electrons. The van der Waals surface area contributed by atoms with Crippen molar-refractivity contribution in [3.63, 3.8) is 0 Å². The third-order valence-electron chi connectivity index (χ3n) is 3.37. The van der Waals surface area contributed by atoms with Crippen LogP contribution in [0.4, 0.5) is 0 Å². The van der Waals surface area contributed by atoms with E-state index in [9.17, 15) is 0 Å². The lowest BCUT2D eigenvalue weighted by molar-refractivity contribution is 0.245. The highest BCUT2D eigenvalue weighted by Crippen LogP contribution is 2.31. The molecule has 0 aliphatic carbocycles. The Hall–Kier alpha value is -0.310. The number of alkyl halides is 1. The van der Waals surface area contributed by atoms with Crippen molar-refractivity contribution < 1.29 is 0 Å². The fourth-order valence-electron chi connectivity index (χ4n) is 1.86. The second kappa shape index (κ2) is 5.15. The standard InChI is InChI=1S/C12H21BrN2/c1-5-12(6-2,8-13)9-15-11(4)7-10(3)14-15/h7H,5-6,8-9H2,1-4H3. The smallest absolute Gasteiger partial charge is 0.0596 e. The minimum absolute atomic E-state index is 0.350. The van der Waals surface area contributed by atoms with Gasteiger partial charge in [-0.1, -0.05) is 29.8 Å². The van der Waals surface area contributed by atoms with Crippen LogP contribution < -0.4 is 0 Å². The molecule has 0 atom stereocenters. The summed E-state index contributed by atoms with van der Waals surface area (Å²) >= 11 is 3.64. The van der Waals surface area contributed by atoms with Crippen molar-refractivity contribution in [2.45, 2.75) is 47.1 Å². The maximum absolute atomic E-state index is 4.53. The summed E-state index contributed by atoms with van der Waals surface area (Å²) in [6.07, 6.45) is 2.38. The summed E-state index contributed by atoms with van der Waals surface area (Å²) in [6.45, 7) is 9.72. The Morgan fingerprint density at radius 3 is 2.27 bits per heavy atom. The molecular formula is C12H21BrN2. The molecule has 0 aliphatic rings. The lowest BCUT2D eigenvalue weighted by Crippen LogP contribution is -2.28. The Kier molecular flexibility index (Phi) is 4.38. The Balaban J connectivity index is 2.87. The Bertz CT molecular complexity index is 305. The van der Waals surface area contributed by atoms with Gasteiger partial charge in [0.25, 0.3) is 0 Å². The predicted octanol–water partition coefficient (Wildman–Crippen LogP) is 3.70. The van der Waals surface area contributed by atoms with Crippen LogP contribution in [0, 0.1) is 19.3 Å². The average molecular weight is 273 g/mol. The highest BCUT2D eigenvalue weighted by molar-refractivity contribution is 9.09. The minimum atomic E-state index is 0.350. The molecule has 15 heavy (non-hydrogen) atoms. The molecule has 0 fully saturated rings. The number of halogens is 1. The molecule has 1 heterocycles. The van der Waals surface area contributed by atoms with Gasteiger partial charge in [0.2, 0.25) is 0 Å². The van der Waals surface area contributed by atoms with Crippen LogP contribution in [0.25, 0.3) is 0 Å². The number of hydrogen-bond donors (Lipinski definition) is 0. The molecule has 0 N–H and O–H groups in total. The zero-order valence-electron chi connectivity index (χ0n) is 10.2. The summed E-state index contributed by atoms with van der Waals surface area (Å²) in [4.78, 5) is 0. The van der Waals surface area contributed by atoms with E-state index in [1.165, 1.54) is 18.5 Å². The van der Waals surface area contributed by atoms with Crippen LogP contribution >= 0.6 is 15.9 Å². The Morgan fingerprint density at radius 2 is 1.93 bits per heavy atom. The molecule has 0 aliphatic heterocycles. The van der Waals surface area contributed by atoms with Crippen LogP contribution in [0.2, 0.25) is 0 Å². The average Bonchev–Trinajstić information content (AvgIpc) is 2.54. The van der Waals surface area contributed by atoms with Gasteiger partial charge in [0.05, 0.1) is 5.69 Å². The maximum Gasteiger partial charge on any atom is 0.0596 e. The summed E-state index contributed by atoms with van der Waals surface area (Å²) in [6, 6.07) is 2.14. The predicted molar refractivity (Wildman–Crippen MR) is 68.5 cm³/mol. The zero-order valence-corrected chi connectivity index (χ0v) is 11.8. The number of nitrogens with zero attached hydrogens (tertiary/aromatic N) is 2. The molecule has 0 radical (unpaired) electrons. The fourth-order valence-corrected chi connectivity index (χ4v) is 2.83. The van der Waals surface area contributed by atoms with Crippen molar-refractivity contribution >= 4 is 15.9 Å². The first-order valence-corrected chi connectivity index (χ1v) is 6.76. The van der Waals surface area contributed by atoms with Gasteiger partial charge in [0.15, 0.2) is 0 Å². The summed E-state index contributed by atoms with van der Waals surface area (Å²) in [5, 5.41) is 5.58. The molecule has 2 nitrogen and oxygen atoms in total. The number of aromatic nitrogens is 2. The van der Waals surface area contributed by atoms with E-state index in [2.05, 4.69) is 59.5 Å². The van der Waals surface area contributed by atoms with Crippen LogP contribution in [0.5, 0.6) is 0 Å². The SMILES string of the molecule is CCC(CC)(CBr)Cn1nc(C)cc1C. The van der Waals surface area contributed by atoms with Gasteiger partial charge in [-0.2, -0.15) is 5.10 Å². The third-order valence-corrected chi connectivity index (χ3v) is 4.56. The van der Waals surface area contributed by atoms with Crippen LogP contribution in [-0.2, 0) is 6.54 Å². The first kappa shape index (κ1) is 12.8. The fraction of sp³-hybridized carbons (Fsp3) is 0.750. The largest absolute Gasteiger partial charge is 0.269 e. The normalized spacial score (nSPS) is 12.1. The van der Waals surface area contributed by atoms with Gasteiger partial charge in [-0.15, -0.1) is 0 Å². The van der Waals surface area contributed by atoms with Crippen molar-refractivity contribution in [1.82, 2.24) is 9.78 Å². The van der Waals surface area contributed by atoms with E-state index >= 15 is 0 Å². The van der Waals surface area contributed by atoms with Gasteiger partial charge in [0, 0.05) is 17.6 Å². The summed E-state index contributed by atoms with van der Waals surface area (Å²) < 4.78 is 2.14. The summed E-state index contributed by atoms with van der Waals surface area (Å²) in [5.74, 6) is 0. The van der Waals surface area contributed by atoms with E-state index in [0.717, 1.165) is 17.6 Å². The first-order valence-electron chi connectivity index (χ1n) is 5.64. The molecule has 1 rings (SSSR count).